The van der Waals surface area contributed by atoms with Gasteiger partial charge in [0.15, 0.2) is 0 Å². The van der Waals surface area contributed by atoms with E-state index < -0.39 is 0 Å². The molecule has 0 radical (unpaired) electrons. The number of hydrogen-bond donors (Lipinski definition) is 1. The topological polar surface area (TPSA) is 35.2 Å². The molecule has 0 heterocycles. The number of nitrogens with two attached hydrogens (primary N) is 1. The van der Waals surface area contributed by atoms with E-state index in [0.717, 1.165) is 19.4 Å². The zero-order chi connectivity index (χ0) is 8.91. The molecule has 2 N–H and O–H groups in total. The molecule has 2 nitrogen and oxygen atoms in total. The maximum Gasteiger partial charge on any atom is 0.0641 e. The molecule has 0 aromatic heterocycles. The fourth-order valence-electron chi connectivity index (χ4n) is 1.21. The Morgan fingerprint density at radius 1 is 1.45 bits per heavy atom. The van der Waals surface area contributed by atoms with Crippen LogP contribution >= 0.6 is 0 Å². The molecular formula is C9H21NO. The van der Waals surface area contributed by atoms with E-state index >= 15 is 0 Å². The van der Waals surface area contributed by atoms with Gasteiger partial charge in [-0.15, -0.1) is 0 Å². The Morgan fingerprint density at radius 3 is 2.36 bits per heavy atom. The van der Waals surface area contributed by atoms with Gasteiger partial charge >= 0.3 is 0 Å². The molecule has 1 atom stereocenters. The van der Waals surface area contributed by atoms with Crippen molar-refractivity contribution in [3.63, 3.8) is 0 Å². The van der Waals surface area contributed by atoms with Crippen LogP contribution in [0.5, 0.6) is 0 Å². The summed E-state index contributed by atoms with van der Waals surface area (Å²) in [6.45, 7) is 9.14. The SMILES string of the molecule is CCCOC(C)(C)CC(C)N. The minimum absolute atomic E-state index is 0.0514. The molecule has 0 bridgehead atoms. The minimum atomic E-state index is -0.0514. The van der Waals surface area contributed by atoms with Crippen molar-refractivity contribution in [1.29, 1.82) is 0 Å². The monoisotopic (exact) mass is 159 g/mol. The molecule has 0 aliphatic rings. The lowest BCUT2D eigenvalue weighted by Crippen LogP contribution is -2.32. The Hall–Kier alpha value is -0.0800. The number of hydrogen-bond acceptors (Lipinski definition) is 2. The van der Waals surface area contributed by atoms with E-state index in [9.17, 15) is 0 Å². The smallest absolute Gasteiger partial charge is 0.0641 e. The molecule has 11 heavy (non-hydrogen) atoms. The lowest BCUT2D eigenvalue weighted by molar-refractivity contribution is -0.0261. The van der Waals surface area contributed by atoms with Gasteiger partial charge in [-0.05, 0) is 33.6 Å². The molecule has 1 unspecified atom stereocenters. The summed E-state index contributed by atoms with van der Waals surface area (Å²) < 4.78 is 5.61. The average Bonchev–Trinajstić information content (AvgIpc) is 1.81. The van der Waals surface area contributed by atoms with Crippen molar-refractivity contribution >= 4 is 0 Å². The lowest BCUT2D eigenvalue weighted by atomic mass is 10.0. The summed E-state index contributed by atoms with van der Waals surface area (Å²) in [6.07, 6.45) is 2.00. The summed E-state index contributed by atoms with van der Waals surface area (Å²) in [5.41, 5.74) is 5.62. The third-order valence-electron chi connectivity index (χ3n) is 1.51. The van der Waals surface area contributed by atoms with Gasteiger partial charge in [0.2, 0.25) is 0 Å². The quantitative estimate of drug-likeness (QED) is 0.665. The Labute approximate surface area is 70.1 Å². The summed E-state index contributed by atoms with van der Waals surface area (Å²) in [6, 6.07) is 0.224. The van der Waals surface area contributed by atoms with Gasteiger partial charge in [-0.2, -0.15) is 0 Å². The second-order valence-electron chi connectivity index (χ2n) is 3.79. The standard InChI is InChI=1S/C9H21NO/c1-5-6-11-9(3,4)7-8(2)10/h8H,5-7,10H2,1-4H3. The van der Waals surface area contributed by atoms with Crippen LogP contribution in [0.15, 0.2) is 0 Å². The van der Waals surface area contributed by atoms with Gasteiger partial charge in [-0.1, -0.05) is 6.92 Å². The van der Waals surface area contributed by atoms with E-state index in [-0.39, 0.29) is 11.6 Å². The third-order valence-corrected chi connectivity index (χ3v) is 1.51. The highest BCUT2D eigenvalue weighted by Gasteiger charge is 2.19. The van der Waals surface area contributed by atoms with Gasteiger partial charge in [0.1, 0.15) is 0 Å². The van der Waals surface area contributed by atoms with E-state index in [4.69, 9.17) is 10.5 Å². The summed E-state index contributed by atoms with van der Waals surface area (Å²) in [5, 5.41) is 0. The molecule has 0 saturated carbocycles. The predicted octanol–water partition coefficient (Wildman–Crippen LogP) is 1.93. The fraction of sp³-hybridized carbons (Fsp3) is 1.00. The number of rotatable bonds is 5. The summed E-state index contributed by atoms with van der Waals surface area (Å²) >= 11 is 0. The normalized spacial score (nSPS) is 15.0. The molecular weight excluding hydrogens is 138 g/mol. The zero-order valence-electron chi connectivity index (χ0n) is 8.18. The van der Waals surface area contributed by atoms with Crippen LogP contribution < -0.4 is 5.73 Å². The van der Waals surface area contributed by atoms with Gasteiger partial charge in [0.25, 0.3) is 0 Å². The minimum Gasteiger partial charge on any atom is -0.376 e. The van der Waals surface area contributed by atoms with Crippen LogP contribution in [-0.2, 0) is 4.74 Å². The summed E-state index contributed by atoms with van der Waals surface area (Å²) in [7, 11) is 0. The molecule has 0 aromatic rings. The predicted molar refractivity (Wildman–Crippen MR) is 48.6 cm³/mol. The second-order valence-corrected chi connectivity index (χ2v) is 3.79. The van der Waals surface area contributed by atoms with Crippen molar-refractivity contribution in [3.05, 3.63) is 0 Å². The number of ether oxygens (including phenoxy) is 1. The van der Waals surface area contributed by atoms with Crippen molar-refractivity contribution < 1.29 is 4.74 Å². The first-order chi connectivity index (χ1) is 4.98. The highest BCUT2D eigenvalue weighted by molar-refractivity contribution is 4.73. The van der Waals surface area contributed by atoms with Crippen LogP contribution in [0, 0.1) is 0 Å². The molecule has 0 fully saturated rings. The Balaban J connectivity index is 3.61. The zero-order valence-corrected chi connectivity index (χ0v) is 8.18. The van der Waals surface area contributed by atoms with Crippen LogP contribution in [-0.4, -0.2) is 18.2 Å². The van der Waals surface area contributed by atoms with E-state index in [2.05, 4.69) is 20.8 Å². The summed E-state index contributed by atoms with van der Waals surface area (Å²) in [5.74, 6) is 0. The Kier molecular flexibility index (Phi) is 4.69. The Bertz CT molecular complexity index is 99.7. The highest BCUT2D eigenvalue weighted by atomic mass is 16.5. The largest absolute Gasteiger partial charge is 0.376 e. The molecule has 0 rings (SSSR count). The van der Waals surface area contributed by atoms with Crippen molar-refractivity contribution in [2.45, 2.75) is 52.2 Å². The van der Waals surface area contributed by atoms with Crippen LogP contribution in [0.1, 0.15) is 40.5 Å². The molecule has 0 aromatic carbocycles. The van der Waals surface area contributed by atoms with E-state index in [1.165, 1.54) is 0 Å². The Morgan fingerprint density at radius 2 is 2.00 bits per heavy atom. The lowest BCUT2D eigenvalue weighted by Gasteiger charge is -2.26. The first-order valence-corrected chi connectivity index (χ1v) is 4.37. The average molecular weight is 159 g/mol. The fourth-order valence-corrected chi connectivity index (χ4v) is 1.21. The van der Waals surface area contributed by atoms with Crippen molar-refractivity contribution in [2.24, 2.45) is 5.73 Å². The van der Waals surface area contributed by atoms with Gasteiger partial charge in [-0.3, -0.25) is 0 Å². The van der Waals surface area contributed by atoms with E-state index in [1.54, 1.807) is 0 Å². The maximum atomic E-state index is 5.67. The molecule has 0 saturated heterocycles. The van der Waals surface area contributed by atoms with Gasteiger partial charge < -0.3 is 10.5 Å². The van der Waals surface area contributed by atoms with E-state index in [1.807, 2.05) is 6.92 Å². The molecule has 2 heteroatoms. The maximum absolute atomic E-state index is 5.67. The van der Waals surface area contributed by atoms with Gasteiger partial charge in [-0.25, -0.2) is 0 Å². The molecule has 0 spiro atoms. The van der Waals surface area contributed by atoms with Gasteiger partial charge in [0, 0.05) is 12.6 Å². The first kappa shape index (κ1) is 10.9. The molecule has 0 amide bonds. The molecule has 0 aliphatic heterocycles. The third kappa shape index (κ3) is 6.32. The first-order valence-electron chi connectivity index (χ1n) is 4.37. The summed E-state index contributed by atoms with van der Waals surface area (Å²) in [4.78, 5) is 0. The second kappa shape index (κ2) is 4.73. The van der Waals surface area contributed by atoms with Crippen LogP contribution in [0.3, 0.4) is 0 Å². The van der Waals surface area contributed by atoms with E-state index in [0.29, 0.717) is 0 Å². The van der Waals surface area contributed by atoms with Crippen LogP contribution in [0.2, 0.25) is 0 Å². The van der Waals surface area contributed by atoms with Crippen molar-refractivity contribution in [2.75, 3.05) is 6.61 Å². The highest BCUT2D eigenvalue weighted by Crippen LogP contribution is 2.15. The van der Waals surface area contributed by atoms with Crippen LogP contribution in [0.25, 0.3) is 0 Å². The van der Waals surface area contributed by atoms with Crippen LogP contribution in [0.4, 0.5) is 0 Å². The van der Waals surface area contributed by atoms with Gasteiger partial charge in [0.05, 0.1) is 5.60 Å². The molecule has 0 aliphatic carbocycles. The molecule has 68 valence electrons. The van der Waals surface area contributed by atoms with Crippen molar-refractivity contribution in [1.82, 2.24) is 0 Å². The van der Waals surface area contributed by atoms with Crippen molar-refractivity contribution in [3.8, 4) is 0 Å².